The topological polar surface area (TPSA) is 107 Å². The fraction of sp³-hybridized carbons (Fsp3) is 0.391. The summed E-state index contributed by atoms with van der Waals surface area (Å²) < 4.78 is 0. The molecule has 2 aromatic rings. The summed E-state index contributed by atoms with van der Waals surface area (Å²) in [6.07, 6.45) is 2.98. The Labute approximate surface area is 192 Å². The van der Waals surface area contributed by atoms with Crippen LogP contribution >= 0.6 is 11.6 Å². The van der Waals surface area contributed by atoms with E-state index in [0.29, 0.717) is 33.8 Å². The largest absolute Gasteiger partial charge is 0.411 e. The molecule has 0 unspecified atom stereocenters. The first kappa shape index (κ1) is 23.7. The number of piperidine rings is 1. The minimum absolute atomic E-state index is 0.104. The molecule has 0 saturated carbocycles. The van der Waals surface area contributed by atoms with Crippen molar-refractivity contribution in [1.82, 2.24) is 9.88 Å². The zero-order valence-corrected chi connectivity index (χ0v) is 19.2. The van der Waals surface area contributed by atoms with E-state index in [1.54, 1.807) is 37.3 Å². The summed E-state index contributed by atoms with van der Waals surface area (Å²) in [5, 5.41) is 18.4. The van der Waals surface area contributed by atoms with Gasteiger partial charge in [-0.25, -0.2) is 4.98 Å². The molecular weight excluding hydrogens is 430 g/mol. The van der Waals surface area contributed by atoms with Gasteiger partial charge in [-0.1, -0.05) is 22.8 Å². The zero-order valence-electron chi connectivity index (χ0n) is 18.4. The van der Waals surface area contributed by atoms with Gasteiger partial charge in [0.1, 0.15) is 5.82 Å². The second-order valence-corrected chi connectivity index (χ2v) is 8.59. The van der Waals surface area contributed by atoms with E-state index in [9.17, 15) is 9.59 Å². The molecule has 0 bridgehead atoms. The number of hydrogen-bond acceptors (Lipinski definition) is 6. The average Bonchev–Trinajstić information content (AvgIpc) is 2.80. The lowest BCUT2D eigenvalue weighted by molar-refractivity contribution is -0.121. The van der Waals surface area contributed by atoms with Crippen LogP contribution in [0.4, 0.5) is 11.5 Å². The van der Waals surface area contributed by atoms with Crippen LogP contribution < -0.4 is 10.6 Å². The van der Waals surface area contributed by atoms with Gasteiger partial charge in [-0.2, -0.15) is 0 Å². The Morgan fingerprint density at radius 1 is 1.19 bits per heavy atom. The first-order chi connectivity index (χ1) is 15.3. The summed E-state index contributed by atoms with van der Waals surface area (Å²) in [5.41, 5.74) is 1.55. The number of nitrogens with zero attached hydrogens (tertiary/aromatic N) is 3. The first-order valence-corrected chi connectivity index (χ1v) is 11.0. The molecule has 1 aromatic carbocycles. The summed E-state index contributed by atoms with van der Waals surface area (Å²) >= 11 is 5.86. The summed E-state index contributed by atoms with van der Waals surface area (Å²) in [4.78, 5) is 32.4. The van der Waals surface area contributed by atoms with Crippen molar-refractivity contribution in [3.63, 3.8) is 0 Å². The van der Waals surface area contributed by atoms with Gasteiger partial charge in [0.2, 0.25) is 5.91 Å². The molecule has 0 radical (unpaired) electrons. The molecule has 170 valence electrons. The van der Waals surface area contributed by atoms with E-state index in [2.05, 4.69) is 39.5 Å². The van der Waals surface area contributed by atoms with Crippen molar-refractivity contribution in [2.45, 2.75) is 39.7 Å². The van der Waals surface area contributed by atoms with Gasteiger partial charge in [0, 0.05) is 18.2 Å². The van der Waals surface area contributed by atoms with E-state index in [1.165, 1.54) is 6.20 Å². The average molecular weight is 458 g/mol. The van der Waals surface area contributed by atoms with Crippen molar-refractivity contribution in [2.75, 3.05) is 23.7 Å². The molecule has 32 heavy (non-hydrogen) atoms. The summed E-state index contributed by atoms with van der Waals surface area (Å²) in [6, 6.07) is 8.59. The summed E-state index contributed by atoms with van der Waals surface area (Å²) in [5.74, 6) is -0.334. The second-order valence-electron chi connectivity index (χ2n) is 8.15. The predicted molar refractivity (Wildman–Crippen MR) is 126 cm³/mol. The van der Waals surface area contributed by atoms with Crippen molar-refractivity contribution in [1.29, 1.82) is 0 Å². The van der Waals surface area contributed by atoms with E-state index in [0.717, 1.165) is 25.9 Å². The Morgan fingerprint density at radius 3 is 2.50 bits per heavy atom. The fourth-order valence-electron chi connectivity index (χ4n) is 3.67. The highest BCUT2D eigenvalue weighted by molar-refractivity contribution is 6.30. The fourth-order valence-corrected chi connectivity index (χ4v) is 3.78. The maximum absolute atomic E-state index is 13.0. The number of benzene rings is 1. The van der Waals surface area contributed by atoms with Crippen LogP contribution in [0.2, 0.25) is 5.02 Å². The molecule has 2 heterocycles. The quantitative estimate of drug-likeness (QED) is 0.341. The van der Waals surface area contributed by atoms with Gasteiger partial charge >= 0.3 is 0 Å². The number of carbonyl (C=O) groups is 2. The van der Waals surface area contributed by atoms with Crippen molar-refractivity contribution in [2.24, 2.45) is 11.1 Å². The lowest BCUT2D eigenvalue weighted by atomic mass is 9.94. The normalized spacial score (nSPS) is 15.6. The van der Waals surface area contributed by atoms with Gasteiger partial charge in [-0.15, -0.1) is 0 Å². The van der Waals surface area contributed by atoms with Gasteiger partial charge in [-0.05, 0) is 76.5 Å². The Kier molecular flexibility index (Phi) is 7.82. The van der Waals surface area contributed by atoms with Crippen LogP contribution in [0.1, 0.15) is 49.5 Å². The minimum atomic E-state index is -0.447. The highest BCUT2D eigenvalue weighted by Crippen LogP contribution is 2.24. The Balaban J connectivity index is 1.80. The van der Waals surface area contributed by atoms with Gasteiger partial charge in [0.05, 0.1) is 22.0 Å². The molecule has 1 aliphatic heterocycles. The molecular formula is C23H28ClN5O3. The Hall–Kier alpha value is -2.97. The number of anilines is 2. The standard InChI is InChI=1S/C23H28ClN5O3/c1-14(2)29-10-8-16(9-11-29)22(30)26-20-6-4-17(15(3)28-32)12-19(20)23(31)27-21-7-5-18(24)13-25-21/h4-7,12-14,16,32H,8-11H2,1-3H3,(H,26,30)(H,25,27,31). The molecule has 8 nitrogen and oxygen atoms in total. The number of likely N-dealkylation sites (tertiary alicyclic amines) is 1. The van der Waals surface area contributed by atoms with Crippen LogP contribution in [-0.4, -0.2) is 51.7 Å². The molecule has 1 saturated heterocycles. The van der Waals surface area contributed by atoms with E-state index in [4.69, 9.17) is 16.8 Å². The number of hydrogen-bond donors (Lipinski definition) is 3. The number of halogens is 1. The van der Waals surface area contributed by atoms with Crippen LogP contribution in [0.3, 0.4) is 0 Å². The molecule has 0 atom stereocenters. The molecule has 2 amide bonds. The van der Waals surface area contributed by atoms with Crippen LogP contribution in [0.25, 0.3) is 0 Å². The van der Waals surface area contributed by atoms with Gasteiger partial charge in [-0.3, -0.25) is 9.59 Å². The van der Waals surface area contributed by atoms with Crippen molar-refractivity contribution in [3.8, 4) is 0 Å². The molecule has 3 rings (SSSR count). The molecule has 1 aromatic heterocycles. The maximum atomic E-state index is 13.0. The second kappa shape index (κ2) is 10.6. The number of aromatic nitrogens is 1. The van der Waals surface area contributed by atoms with Crippen molar-refractivity contribution >= 4 is 40.6 Å². The van der Waals surface area contributed by atoms with Gasteiger partial charge in [0.25, 0.3) is 5.91 Å². The Bertz CT molecular complexity index is 999. The molecule has 3 N–H and O–H groups in total. The third-order valence-electron chi connectivity index (χ3n) is 5.69. The Morgan fingerprint density at radius 2 is 1.91 bits per heavy atom. The third-order valence-corrected chi connectivity index (χ3v) is 5.91. The van der Waals surface area contributed by atoms with E-state index in [1.807, 2.05) is 0 Å². The molecule has 0 aliphatic carbocycles. The number of carbonyl (C=O) groups excluding carboxylic acids is 2. The highest BCUT2D eigenvalue weighted by Gasteiger charge is 2.27. The van der Waals surface area contributed by atoms with Crippen LogP contribution in [-0.2, 0) is 4.79 Å². The number of rotatable bonds is 6. The highest BCUT2D eigenvalue weighted by atomic mass is 35.5. The van der Waals surface area contributed by atoms with Crippen LogP contribution in [0.15, 0.2) is 41.7 Å². The zero-order chi connectivity index (χ0) is 23.3. The molecule has 1 aliphatic rings. The number of oxime groups is 1. The molecule has 9 heteroatoms. The van der Waals surface area contributed by atoms with Crippen LogP contribution in [0.5, 0.6) is 0 Å². The summed E-state index contributed by atoms with van der Waals surface area (Å²) in [6.45, 7) is 7.67. The van der Waals surface area contributed by atoms with Crippen LogP contribution in [0, 0.1) is 5.92 Å². The minimum Gasteiger partial charge on any atom is -0.411 e. The van der Waals surface area contributed by atoms with Gasteiger partial charge < -0.3 is 20.7 Å². The van der Waals surface area contributed by atoms with Crippen molar-refractivity contribution in [3.05, 3.63) is 52.7 Å². The first-order valence-electron chi connectivity index (χ1n) is 10.6. The van der Waals surface area contributed by atoms with E-state index >= 15 is 0 Å². The monoisotopic (exact) mass is 457 g/mol. The maximum Gasteiger partial charge on any atom is 0.258 e. The van der Waals surface area contributed by atoms with E-state index in [-0.39, 0.29) is 17.4 Å². The lowest BCUT2D eigenvalue weighted by Crippen LogP contribution is -2.41. The summed E-state index contributed by atoms with van der Waals surface area (Å²) in [7, 11) is 0. The SMILES string of the molecule is CC(=NO)c1ccc(NC(=O)C2CCN(C(C)C)CC2)c(C(=O)Nc2ccc(Cl)cn2)c1. The molecule has 0 spiro atoms. The number of pyridine rings is 1. The number of nitrogens with one attached hydrogen (secondary N) is 2. The number of amides is 2. The smallest absolute Gasteiger partial charge is 0.258 e. The predicted octanol–water partition coefficient (Wildman–Crippen LogP) is 4.24. The van der Waals surface area contributed by atoms with Gasteiger partial charge in [0.15, 0.2) is 0 Å². The van der Waals surface area contributed by atoms with E-state index < -0.39 is 5.91 Å². The van der Waals surface area contributed by atoms with Crippen molar-refractivity contribution < 1.29 is 14.8 Å². The third kappa shape index (κ3) is 5.83. The molecule has 1 fully saturated rings. The lowest BCUT2D eigenvalue weighted by Gasteiger charge is -2.34.